The molecule has 0 aromatic heterocycles. The van der Waals surface area contributed by atoms with E-state index in [2.05, 4.69) is 58.1 Å². The van der Waals surface area contributed by atoms with Crippen molar-refractivity contribution >= 4 is 15.9 Å². The van der Waals surface area contributed by atoms with Crippen LogP contribution in [-0.2, 0) is 4.74 Å². The summed E-state index contributed by atoms with van der Waals surface area (Å²) in [6.45, 7) is 6.41. The Bertz CT molecular complexity index is 349. The molecule has 0 radical (unpaired) electrons. The Morgan fingerprint density at radius 3 is 2.53 bits per heavy atom. The van der Waals surface area contributed by atoms with Gasteiger partial charge in [0.15, 0.2) is 0 Å². The van der Waals surface area contributed by atoms with Crippen LogP contribution in [0.1, 0.15) is 31.2 Å². The SMILES string of the molecule is CCOC1CCN(CC(CBr)c2ccccc2)CC1. The lowest BCUT2D eigenvalue weighted by Crippen LogP contribution is -2.39. The Labute approximate surface area is 125 Å². The quantitative estimate of drug-likeness (QED) is 0.740. The Morgan fingerprint density at radius 1 is 1.26 bits per heavy atom. The van der Waals surface area contributed by atoms with Gasteiger partial charge in [-0.2, -0.15) is 0 Å². The second-order valence-corrected chi connectivity index (χ2v) is 5.86. The molecule has 2 nitrogen and oxygen atoms in total. The smallest absolute Gasteiger partial charge is 0.0599 e. The third kappa shape index (κ3) is 4.59. The van der Waals surface area contributed by atoms with Gasteiger partial charge < -0.3 is 9.64 Å². The largest absolute Gasteiger partial charge is 0.378 e. The Morgan fingerprint density at radius 2 is 1.95 bits per heavy atom. The fourth-order valence-corrected chi connectivity index (χ4v) is 3.35. The molecule has 1 aliphatic heterocycles. The lowest BCUT2D eigenvalue weighted by Gasteiger charge is -2.33. The molecule has 1 saturated heterocycles. The summed E-state index contributed by atoms with van der Waals surface area (Å²) in [4.78, 5) is 2.58. The average Bonchev–Trinajstić information content (AvgIpc) is 2.48. The number of likely N-dealkylation sites (tertiary alicyclic amines) is 1. The van der Waals surface area contributed by atoms with Crippen LogP contribution >= 0.6 is 15.9 Å². The maximum atomic E-state index is 5.71. The second-order valence-electron chi connectivity index (χ2n) is 5.22. The van der Waals surface area contributed by atoms with Gasteiger partial charge in [0.25, 0.3) is 0 Å². The van der Waals surface area contributed by atoms with E-state index in [0.29, 0.717) is 12.0 Å². The molecule has 0 bridgehead atoms. The van der Waals surface area contributed by atoms with Gasteiger partial charge in [-0.15, -0.1) is 0 Å². The normalized spacial score (nSPS) is 19.5. The molecule has 0 saturated carbocycles. The number of hydrogen-bond acceptors (Lipinski definition) is 2. The van der Waals surface area contributed by atoms with E-state index in [9.17, 15) is 0 Å². The molecule has 19 heavy (non-hydrogen) atoms. The van der Waals surface area contributed by atoms with Crippen LogP contribution in [-0.4, -0.2) is 42.6 Å². The van der Waals surface area contributed by atoms with Crippen molar-refractivity contribution in [2.24, 2.45) is 0 Å². The highest BCUT2D eigenvalue weighted by molar-refractivity contribution is 9.09. The van der Waals surface area contributed by atoms with E-state index >= 15 is 0 Å². The minimum Gasteiger partial charge on any atom is -0.378 e. The summed E-state index contributed by atoms with van der Waals surface area (Å²) in [5.41, 5.74) is 1.44. The summed E-state index contributed by atoms with van der Waals surface area (Å²) in [5.74, 6) is 0.588. The third-order valence-corrected chi connectivity index (χ3v) is 4.65. The van der Waals surface area contributed by atoms with Crippen LogP contribution in [0.5, 0.6) is 0 Å². The van der Waals surface area contributed by atoms with Gasteiger partial charge in [0.1, 0.15) is 0 Å². The fraction of sp³-hybridized carbons (Fsp3) is 0.625. The van der Waals surface area contributed by atoms with Crippen molar-refractivity contribution in [2.45, 2.75) is 31.8 Å². The van der Waals surface area contributed by atoms with E-state index in [1.807, 2.05) is 0 Å². The number of ether oxygens (including phenoxy) is 1. The minimum absolute atomic E-state index is 0.486. The molecule has 0 amide bonds. The number of piperidine rings is 1. The number of nitrogens with zero attached hydrogens (tertiary/aromatic N) is 1. The molecule has 106 valence electrons. The summed E-state index contributed by atoms with van der Waals surface area (Å²) in [6, 6.07) is 10.8. The number of hydrogen-bond donors (Lipinski definition) is 0. The van der Waals surface area contributed by atoms with Gasteiger partial charge in [-0.1, -0.05) is 46.3 Å². The molecule has 0 spiro atoms. The monoisotopic (exact) mass is 325 g/mol. The first kappa shape index (κ1) is 15.0. The lowest BCUT2D eigenvalue weighted by atomic mass is 9.99. The highest BCUT2D eigenvalue weighted by Gasteiger charge is 2.22. The standard InChI is InChI=1S/C16H24BrNO/c1-2-19-16-8-10-18(11-9-16)13-15(12-17)14-6-4-3-5-7-14/h3-7,15-16H,2,8-13H2,1H3. The van der Waals surface area contributed by atoms with Crippen LogP contribution in [0.25, 0.3) is 0 Å². The first-order valence-corrected chi connectivity index (χ1v) is 8.40. The number of benzene rings is 1. The fourth-order valence-electron chi connectivity index (χ4n) is 2.77. The van der Waals surface area contributed by atoms with Gasteiger partial charge in [-0.05, 0) is 25.3 Å². The first-order chi connectivity index (χ1) is 9.33. The van der Waals surface area contributed by atoms with Gasteiger partial charge >= 0.3 is 0 Å². The van der Waals surface area contributed by atoms with E-state index in [0.717, 1.165) is 18.5 Å². The van der Waals surface area contributed by atoms with Crippen molar-refractivity contribution in [1.82, 2.24) is 4.90 Å². The topological polar surface area (TPSA) is 12.5 Å². The van der Waals surface area contributed by atoms with Crippen LogP contribution in [0.4, 0.5) is 0 Å². The number of alkyl halides is 1. The Kier molecular flexibility index (Phi) is 6.35. The lowest BCUT2D eigenvalue weighted by molar-refractivity contribution is 0.0134. The predicted octanol–water partition coefficient (Wildman–Crippen LogP) is 3.67. The van der Waals surface area contributed by atoms with Crippen molar-refractivity contribution in [2.75, 3.05) is 31.6 Å². The predicted molar refractivity (Wildman–Crippen MR) is 84.1 cm³/mol. The van der Waals surface area contributed by atoms with Crippen molar-refractivity contribution in [3.63, 3.8) is 0 Å². The molecule has 3 heteroatoms. The van der Waals surface area contributed by atoms with E-state index in [4.69, 9.17) is 4.74 Å². The molecule has 1 atom stereocenters. The summed E-state index contributed by atoms with van der Waals surface area (Å²) in [7, 11) is 0. The summed E-state index contributed by atoms with van der Waals surface area (Å²) >= 11 is 3.66. The Balaban J connectivity index is 1.84. The van der Waals surface area contributed by atoms with Crippen molar-refractivity contribution in [3.8, 4) is 0 Å². The highest BCUT2D eigenvalue weighted by Crippen LogP contribution is 2.22. The van der Waals surface area contributed by atoms with Crippen molar-refractivity contribution in [1.29, 1.82) is 0 Å². The molecule has 1 aromatic carbocycles. The van der Waals surface area contributed by atoms with Gasteiger partial charge in [0, 0.05) is 37.5 Å². The van der Waals surface area contributed by atoms with E-state index in [-0.39, 0.29) is 0 Å². The maximum absolute atomic E-state index is 5.71. The zero-order valence-electron chi connectivity index (χ0n) is 11.7. The molecule has 2 rings (SSSR count). The summed E-state index contributed by atoms with van der Waals surface area (Å²) in [6.07, 6.45) is 2.84. The summed E-state index contributed by atoms with van der Waals surface area (Å²) in [5, 5.41) is 1.03. The van der Waals surface area contributed by atoms with Gasteiger partial charge in [0.05, 0.1) is 6.10 Å². The van der Waals surface area contributed by atoms with Crippen LogP contribution in [0.15, 0.2) is 30.3 Å². The average molecular weight is 326 g/mol. The van der Waals surface area contributed by atoms with E-state index < -0.39 is 0 Å². The first-order valence-electron chi connectivity index (χ1n) is 7.28. The molecule has 0 N–H and O–H groups in total. The van der Waals surface area contributed by atoms with Gasteiger partial charge in [-0.3, -0.25) is 0 Å². The van der Waals surface area contributed by atoms with E-state index in [1.54, 1.807) is 0 Å². The number of halogens is 1. The van der Waals surface area contributed by atoms with Gasteiger partial charge in [-0.25, -0.2) is 0 Å². The van der Waals surface area contributed by atoms with Crippen molar-refractivity contribution in [3.05, 3.63) is 35.9 Å². The highest BCUT2D eigenvalue weighted by atomic mass is 79.9. The van der Waals surface area contributed by atoms with Crippen LogP contribution in [0.3, 0.4) is 0 Å². The zero-order valence-corrected chi connectivity index (χ0v) is 13.3. The number of rotatable bonds is 6. The summed E-state index contributed by atoms with van der Waals surface area (Å²) < 4.78 is 5.71. The second kappa shape index (κ2) is 8.03. The van der Waals surface area contributed by atoms with Crippen LogP contribution in [0, 0.1) is 0 Å². The third-order valence-electron chi connectivity index (χ3n) is 3.87. The van der Waals surface area contributed by atoms with Crippen LogP contribution < -0.4 is 0 Å². The molecular formula is C16H24BrNO. The Hall–Kier alpha value is -0.380. The van der Waals surface area contributed by atoms with Crippen molar-refractivity contribution < 1.29 is 4.74 Å². The zero-order chi connectivity index (χ0) is 13.5. The maximum Gasteiger partial charge on any atom is 0.0599 e. The van der Waals surface area contributed by atoms with Gasteiger partial charge in [0.2, 0.25) is 0 Å². The van der Waals surface area contributed by atoms with E-state index in [1.165, 1.54) is 31.5 Å². The molecule has 1 unspecified atom stereocenters. The molecular weight excluding hydrogens is 302 g/mol. The van der Waals surface area contributed by atoms with Crippen LogP contribution in [0.2, 0.25) is 0 Å². The molecule has 1 fully saturated rings. The molecule has 1 aliphatic rings. The molecule has 1 aromatic rings. The minimum atomic E-state index is 0.486. The molecule has 1 heterocycles. The molecule has 0 aliphatic carbocycles.